The van der Waals surface area contributed by atoms with Crippen molar-refractivity contribution in [2.24, 2.45) is 0 Å². The second-order valence-corrected chi connectivity index (χ2v) is 7.44. The molecule has 130 valence electrons. The standard InChI is InChI=1S/C18H25N3O2S/c22-17(19-9-5-12-20-10-3-4-11-20)14-21-15-6-1-2-7-16(15)24-13-8-18(21)23/h1-2,6-7H,3-5,8-14H2,(H,19,22). The van der Waals surface area contributed by atoms with Crippen LogP contribution in [0.25, 0.3) is 0 Å². The smallest absolute Gasteiger partial charge is 0.240 e. The molecular weight excluding hydrogens is 322 g/mol. The number of rotatable bonds is 6. The van der Waals surface area contributed by atoms with E-state index in [1.54, 1.807) is 16.7 Å². The molecule has 0 aliphatic carbocycles. The Balaban J connectivity index is 1.50. The number of carbonyl (C=O) groups is 2. The predicted octanol–water partition coefficient (Wildman–Crippen LogP) is 2.12. The van der Waals surface area contributed by atoms with E-state index >= 15 is 0 Å². The zero-order valence-electron chi connectivity index (χ0n) is 14.0. The van der Waals surface area contributed by atoms with Gasteiger partial charge in [0, 0.05) is 23.6 Å². The summed E-state index contributed by atoms with van der Waals surface area (Å²) in [5, 5.41) is 2.96. The number of carbonyl (C=O) groups excluding carboxylic acids is 2. The molecular formula is C18H25N3O2S. The fourth-order valence-electron chi connectivity index (χ4n) is 3.23. The average molecular weight is 347 g/mol. The Morgan fingerprint density at radius 3 is 2.83 bits per heavy atom. The van der Waals surface area contributed by atoms with Crippen molar-refractivity contribution in [2.75, 3.05) is 43.4 Å². The Morgan fingerprint density at radius 1 is 1.21 bits per heavy atom. The number of para-hydroxylation sites is 1. The molecule has 0 bridgehead atoms. The van der Waals surface area contributed by atoms with Gasteiger partial charge in [-0.25, -0.2) is 0 Å². The first-order valence-corrected chi connectivity index (χ1v) is 9.74. The number of nitrogens with zero attached hydrogens (tertiary/aromatic N) is 2. The van der Waals surface area contributed by atoms with E-state index in [2.05, 4.69) is 10.2 Å². The van der Waals surface area contributed by atoms with Crippen LogP contribution in [-0.2, 0) is 9.59 Å². The highest BCUT2D eigenvalue weighted by molar-refractivity contribution is 7.99. The number of thioether (sulfide) groups is 1. The molecule has 2 aliphatic heterocycles. The lowest BCUT2D eigenvalue weighted by Gasteiger charge is -2.22. The number of nitrogens with one attached hydrogen (secondary N) is 1. The number of hydrogen-bond donors (Lipinski definition) is 1. The largest absolute Gasteiger partial charge is 0.355 e. The molecule has 1 saturated heterocycles. The van der Waals surface area contributed by atoms with Crippen LogP contribution in [0.4, 0.5) is 5.69 Å². The van der Waals surface area contributed by atoms with Gasteiger partial charge in [0.05, 0.1) is 5.69 Å². The lowest BCUT2D eigenvalue weighted by atomic mass is 10.2. The number of amides is 2. The number of hydrogen-bond acceptors (Lipinski definition) is 4. The first-order chi connectivity index (χ1) is 11.7. The summed E-state index contributed by atoms with van der Waals surface area (Å²) < 4.78 is 0. The quantitative estimate of drug-likeness (QED) is 0.801. The van der Waals surface area contributed by atoms with Crippen LogP contribution in [0.1, 0.15) is 25.7 Å². The van der Waals surface area contributed by atoms with Gasteiger partial charge in [0.2, 0.25) is 11.8 Å². The van der Waals surface area contributed by atoms with Crippen molar-refractivity contribution in [3.63, 3.8) is 0 Å². The molecule has 0 spiro atoms. The molecule has 2 amide bonds. The lowest BCUT2D eigenvalue weighted by Crippen LogP contribution is -2.41. The summed E-state index contributed by atoms with van der Waals surface area (Å²) >= 11 is 1.68. The van der Waals surface area contributed by atoms with E-state index in [9.17, 15) is 9.59 Å². The van der Waals surface area contributed by atoms with Crippen LogP contribution < -0.4 is 10.2 Å². The minimum atomic E-state index is -0.0773. The van der Waals surface area contributed by atoms with Crippen molar-refractivity contribution in [3.05, 3.63) is 24.3 Å². The van der Waals surface area contributed by atoms with Crippen molar-refractivity contribution in [3.8, 4) is 0 Å². The molecule has 1 aromatic rings. The first-order valence-electron chi connectivity index (χ1n) is 8.75. The topological polar surface area (TPSA) is 52.7 Å². The molecule has 2 heterocycles. The van der Waals surface area contributed by atoms with Crippen molar-refractivity contribution >= 4 is 29.3 Å². The maximum absolute atomic E-state index is 12.3. The minimum Gasteiger partial charge on any atom is -0.355 e. The molecule has 6 heteroatoms. The minimum absolute atomic E-state index is 0.0275. The molecule has 0 aromatic heterocycles. The van der Waals surface area contributed by atoms with Crippen LogP contribution in [0.2, 0.25) is 0 Å². The van der Waals surface area contributed by atoms with Crippen LogP contribution in [0.5, 0.6) is 0 Å². The van der Waals surface area contributed by atoms with Crippen LogP contribution in [0, 0.1) is 0 Å². The third-order valence-electron chi connectivity index (χ3n) is 4.50. The van der Waals surface area contributed by atoms with Crippen molar-refractivity contribution < 1.29 is 9.59 Å². The predicted molar refractivity (Wildman–Crippen MR) is 97.4 cm³/mol. The van der Waals surface area contributed by atoms with Gasteiger partial charge in [-0.2, -0.15) is 0 Å². The van der Waals surface area contributed by atoms with Crippen molar-refractivity contribution in [2.45, 2.75) is 30.6 Å². The zero-order valence-corrected chi connectivity index (χ0v) is 14.8. The van der Waals surface area contributed by atoms with E-state index in [1.807, 2.05) is 24.3 Å². The van der Waals surface area contributed by atoms with Gasteiger partial charge in [-0.3, -0.25) is 9.59 Å². The Morgan fingerprint density at radius 2 is 2.00 bits per heavy atom. The summed E-state index contributed by atoms with van der Waals surface area (Å²) in [6.07, 6.45) is 4.02. The summed E-state index contributed by atoms with van der Waals surface area (Å²) in [5.41, 5.74) is 0.859. The lowest BCUT2D eigenvalue weighted by molar-refractivity contribution is -0.123. The summed E-state index contributed by atoms with van der Waals surface area (Å²) in [6.45, 7) is 4.20. The molecule has 5 nitrogen and oxygen atoms in total. The van der Waals surface area contributed by atoms with Gasteiger partial charge < -0.3 is 15.1 Å². The fraction of sp³-hybridized carbons (Fsp3) is 0.556. The van der Waals surface area contributed by atoms with Crippen molar-refractivity contribution in [1.82, 2.24) is 10.2 Å². The van der Waals surface area contributed by atoms with Gasteiger partial charge in [-0.1, -0.05) is 12.1 Å². The Labute approximate surface area is 147 Å². The van der Waals surface area contributed by atoms with Gasteiger partial charge in [0.25, 0.3) is 0 Å². The molecule has 0 atom stereocenters. The average Bonchev–Trinajstić information content (AvgIpc) is 3.05. The Kier molecular flexibility index (Phi) is 6.15. The SMILES string of the molecule is O=C(CN1C(=O)CCSc2ccccc21)NCCCN1CCCC1. The molecule has 1 N–H and O–H groups in total. The van der Waals surface area contributed by atoms with Crippen LogP contribution in [-0.4, -0.2) is 55.2 Å². The fourth-order valence-corrected chi connectivity index (χ4v) is 4.23. The zero-order chi connectivity index (χ0) is 16.8. The molecule has 24 heavy (non-hydrogen) atoms. The van der Waals surface area contributed by atoms with E-state index in [-0.39, 0.29) is 18.4 Å². The second kappa shape index (κ2) is 8.53. The van der Waals surface area contributed by atoms with E-state index in [1.165, 1.54) is 25.9 Å². The molecule has 3 rings (SSSR count). The van der Waals surface area contributed by atoms with E-state index < -0.39 is 0 Å². The molecule has 0 unspecified atom stereocenters. The molecule has 2 aliphatic rings. The van der Waals surface area contributed by atoms with Crippen molar-refractivity contribution in [1.29, 1.82) is 0 Å². The van der Waals surface area contributed by atoms with E-state index in [0.717, 1.165) is 29.3 Å². The highest BCUT2D eigenvalue weighted by atomic mass is 32.2. The van der Waals surface area contributed by atoms with E-state index in [0.29, 0.717) is 13.0 Å². The summed E-state index contributed by atoms with van der Waals surface area (Å²) in [7, 11) is 0. The highest BCUT2D eigenvalue weighted by Gasteiger charge is 2.24. The first kappa shape index (κ1) is 17.3. The van der Waals surface area contributed by atoms with Gasteiger partial charge >= 0.3 is 0 Å². The van der Waals surface area contributed by atoms with Gasteiger partial charge in [0.15, 0.2) is 0 Å². The monoisotopic (exact) mass is 347 g/mol. The Bertz CT molecular complexity index is 587. The van der Waals surface area contributed by atoms with Gasteiger partial charge in [-0.15, -0.1) is 11.8 Å². The normalized spacial score (nSPS) is 18.3. The maximum Gasteiger partial charge on any atom is 0.240 e. The van der Waals surface area contributed by atoms with Crippen LogP contribution in [0.3, 0.4) is 0 Å². The maximum atomic E-state index is 12.3. The number of benzene rings is 1. The third kappa shape index (κ3) is 4.51. The van der Waals surface area contributed by atoms with E-state index in [4.69, 9.17) is 0 Å². The van der Waals surface area contributed by atoms with Gasteiger partial charge in [0.1, 0.15) is 6.54 Å². The van der Waals surface area contributed by atoms with Gasteiger partial charge in [-0.05, 0) is 51.0 Å². The van der Waals surface area contributed by atoms with Crippen LogP contribution in [0.15, 0.2) is 29.2 Å². The second-order valence-electron chi connectivity index (χ2n) is 6.30. The van der Waals surface area contributed by atoms with Crippen LogP contribution >= 0.6 is 11.8 Å². The Hall–Kier alpha value is -1.53. The number of fused-ring (bicyclic) bond motifs is 1. The third-order valence-corrected chi connectivity index (χ3v) is 5.57. The molecule has 0 radical (unpaired) electrons. The highest BCUT2D eigenvalue weighted by Crippen LogP contribution is 2.33. The summed E-state index contributed by atoms with van der Waals surface area (Å²) in [6, 6.07) is 7.82. The summed E-state index contributed by atoms with van der Waals surface area (Å²) in [5.74, 6) is 0.718. The summed E-state index contributed by atoms with van der Waals surface area (Å²) in [4.78, 5) is 29.7. The molecule has 0 saturated carbocycles. The number of likely N-dealkylation sites (tertiary alicyclic amines) is 1. The molecule has 1 aromatic carbocycles. The molecule has 1 fully saturated rings. The number of anilines is 1.